The monoisotopic (exact) mass is 341 g/mol. The molecule has 3 N–H and O–H groups in total. The fraction of sp³-hybridized carbons (Fsp3) is 0.533. The van der Waals surface area contributed by atoms with E-state index in [-0.39, 0.29) is 43.0 Å². The molecule has 0 saturated carbocycles. The van der Waals surface area contributed by atoms with E-state index in [2.05, 4.69) is 17.3 Å². The van der Waals surface area contributed by atoms with Crippen molar-refractivity contribution in [2.45, 2.75) is 45.2 Å². The van der Waals surface area contributed by atoms with Crippen molar-refractivity contribution < 1.29 is 4.79 Å². The molecule has 23 heavy (non-hydrogen) atoms. The zero-order chi connectivity index (χ0) is 15.9. The first kappa shape index (κ1) is 19.2. The first-order chi connectivity index (χ1) is 10.7. The number of nitrogens with one attached hydrogen (secondary N) is 1. The van der Waals surface area contributed by atoms with Gasteiger partial charge >= 0.3 is 5.69 Å². The highest BCUT2D eigenvalue weighted by Crippen LogP contribution is 2.00. The first-order valence-electron chi connectivity index (χ1n) is 7.69. The number of nitrogens with zero attached hydrogens (tertiary/aromatic N) is 3. The summed E-state index contributed by atoms with van der Waals surface area (Å²) in [6.07, 6.45) is 4.87. The SMILES string of the molecule is CCCCC(CN)NC(=O)CCn1nc2ccccn2c1=O.Cl. The number of halogens is 1. The third-order valence-electron chi connectivity index (χ3n) is 3.59. The van der Waals surface area contributed by atoms with Gasteiger partial charge < -0.3 is 11.1 Å². The Hall–Kier alpha value is -1.86. The van der Waals surface area contributed by atoms with E-state index in [1.165, 1.54) is 9.08 Å². The Morgan fingerprint density at radius 2 is 2.22 bits per heavy atom. The van der Waals surface area contributed by atoms with Gasteiger partial charge in [0.05, 0.1) is 6.54 Å². The molecule has 0 saturated heterocycles. The van der Waals surface area contributed by atoms with Crippen molar-refractivity contribution in [3.63, 3.8) is 0 Å². The van der Waals surface area contributed by atoms with Crippen LogP contribution in [-0.2, 0) is 11.3 Å². The van der Waals surface area contributed by atoms with Crippen molar-refractivity contribution in [2.24, 2.45) is 5.73 Å². The lowest BCUT2D eigenvalue weighted by Gasteiger charge is -2.16. The highest BCUT2D eigenvalue weighted by atomic mass is 35.5. The molecule has 1 atom stereocenters. The lowest BCUT2D eigenvalue weighted by molar-refractivity contribution is -0.122. The molecule has 0 bridgehead atoms. The Morgan fingerprint density at radius 3 is 2.87 bits per heavy atom. The van der Waals surface area contributed by atoms with E-state index in [4.69, 9.17) is 5.73 Å². The fourth-order valence-corrected chi connectivity index (χ4v) is 2.32. The molecule has 2 rings (SSSR count). The molecule has 0 aliphatic heterocycles. The lowest BCUT2D eigenvalue weighted by Crippen LogP contribution is -2.40. The molecule has 2 aromatic rings. The topological polar surface area (TPSA) is 94.4 Å². The number of fused-ring (bicyclic) bond motifs is 1. The summed E-state index contributed by atoms with van der Waals surface area (Å²) in [6, 6.07) is 5.35. The average molecular weight is 342 g/mol. The second-order valence-corrected chi connectivity index (χ2v) is 5.33. The Kier molecular flexibility index (Phi) is 7.77. The zero-order valence-electron chi connectivity index (χ0n) is 13.3. The van der Waals surface area contributed by atoms with Gasteiger partial charge in [-0.2, -0.15) is 0 Å². The van der Waals surface area contributed by atoms with Crippen LogP contribution in [0.3, 0.4) is 0 Å². The quantitative estimate of drug-likeness (QED) is 0.747. The molecular formula is C15H24ClN5O2. The zero-order valence-corrected chi connectivity index (χ0v) is 14.1. The minimum atomic E-state index is -0.232. The van der Waals surface area contributed by atoms with Crippen molar-refractivity contribution in [1.82, 2.24) is 19.5 Å². The van der Waals surface area contributed by atoms with Gasteiger partial charge in [0.25, 0.3) is 0 Å². The van der Waals surface area contributed by atoms with E-state index in [9.17, 15) is 9.59 Å². The largest absolute Gasteiger partial charge is 0.352 e. The van der Waals surface area contributed by atoms with Crippen LogP contribution < -0.4 is 16.7 Å². The summed E-state index contributed by atoms with van der Waals surface area (Å²) in [4.78, 5) is 24.0. The molecule has 0 radical (unpaired) electrons. The predicted molar refractivity (Wildman–Crippen MR) is 91.8 cm³/mol. The van der Waals surface area contributed by atoms with Crippen LogP contribution in [-0.4, -0.2) is 32.7 Å². The van der Waals surface area contributed by atoms with Crippen molar-refractivity contribution in [3.8, 4) is 0 Å². The van der Waals surface area contributed by atoms with Gasteiger partial charge in [0.15, 0.2) is 5.65 Å². The summed E-state index contributed by atoms with van der Waals surface area (Å²) in [5, 5.41) is 7.11. The molecule has 8 heteroatoms. The molecule has 0 aliphatic rings. The first-order valence-corrected chi connectivity index (χ1v) is 7.69. The third-order valence-corrected chi connectivity index (χ3v) is 3.59. The Morgan fingerprint density at radius 1 is 1.43 bits per heavy atom. The minimum absolute atomic E-state index is 0. The summed E-state index contributed by atoms with van der Waals surface area (Å²) in [5.74, 6) is -0.101. The van der Waals surface area contributed by atoms with Gasteiger partial charge in [0.1, 0.15) is 0 Å². The van der Waals surface area contributed by atoms with Gasteiger partial charge in [0.2, 0.25) is 5.91 Å². The number of rotatable bonds is 8. The summed E-state index contributed by atoms with van der Waals surface area (Å²) in [5.41, 5.74) is 6.01. The number of nitrogens with two attached hydrogens (primary N) is 1. The van der Waals surface area contributed by atoms with Crippen LogP contribution in [0.4, 0.5) is 0 Å². The number of hydrogen-bond donors (Lipinski definition) is 2. The number of carbonyl (C=O) groups excluding carboxylic acids is 1. The van der Waals surface area contributed by atoms with Gasteiger partial charge in [-0.1, -0.05) is 25.8 Å². The lowest BCUT2D eigenvalue weighted by atomic mass is 10.1. The maximum absolute atomic E-state index is 12.1. The van der Waals surface area contributed by atoms with Gasteiger partial charge in [-0.15, -0.1) is 17.5 Å². The fourth-order valence-electron chi connectivity index (χ4n) is 2.32. The van der Waals surface area contributed by atoms with Crippen LogP contribution >= 0.6 is 12.4 Å². The summed E-state index contributed by atoms with van der Waals surface area (Å²) < 4.78 is 2.78. The molecule has 1 unspecified atom stereocenters. The van der Waals surface area contributed by atoms with Gasteiger partial charge in [0, 0.05) is 25.2 Å². The summed E-state index contributed by atoms with van der Waals surface area (Å²) >= 11 is 0. The Balaban J connectivity index is 0.00000264. The third kappa shape index (κ3) is 5.07. The molecule has 0 spiro atoms. The standard InChI is InChI=1S/C15H23N5O2.ClH/c1-2-3-6-12(11-16)17-14(21)8-10-20-15(22)19-9-5-4-7-13(19)18-20;/h4-5,7,9,12H,2-3,6,8,10-11,16H2,1H3,(H,17,21);1H. The van der Waals surface area contributed by atoms with Crippen LogP contribution in [0.2, 0.25) is 0 Å². The number of amides is 1. The molecule has 0 fully saturated rings. The van der Waals surface area contributed by atoms with Gasteiger partial charge in [-0.05, 0) is 18.6 Å². The van der Waals surface area contributed by atoms with Gasteiger partial charge in [-0.25, -0.2) is 9.48 Å². The molecule has 128 valence electrons. The Bertz CT molecular complexity index is 682. The maximum Gasteiger partial charge on any atom is 0.350 e. The number of aromatic nitrogens is 3. The van der Waals surface area contributed by atoms with Crippen molar-refractivity contribution in [3.05, 3.63) is 34.9 Å². The molecule has 7 nitrogen and oxygen atoms in total. The minimum Gasteiger partial charge on any atom is -0.352 e. The van der Waals surface area contributed by atoms with E-state index < -0.39 is 0 Å². The van der Waals surface area contributed by atoms with Crippen molar-refractivity contribution >= 4 is 24.0 Å². The molecule has 2 aromatic heterocycles. The number of aryl methyl sites for hydroxylation is 1. The second kappa shape index (κ2) is 9.32. The predicted octanol–water partition coefficient (Wildman–Crippen LogP) is 0.942. The van der Waals surface area contributed by atoms with Crippen LogP contribution in [0.1, 0.15) is 32.6 Å². The van der Waals surface area contributed by atoms with Gasteiger partial charge in [-0.3, -0.25) is 9.20 Å². The number of hydrogen-bond acceptors (Lipinski definition) is 4. The Labute approximate surface area is 141 Å². The van der Waals surface area contributed by atoms with Crippen molar-refractivity contribution in [2.75, 3.05) is 6.54 Å². The molecule has 0 aromatic carbocycles. The van der Waals surface area contributed by atoms with E-state index in [1.807, 2.05) is 6.07 Å². The van der Waals surface area contributed by atoms with Crippen LogP contribution in [0.25, 0.3) is 5.65 Å². The van der Waals surface area contributed by atoms with Crippen molar-refractivity contribution in [1.29, 1.82) is 0 Å². The second-order valence-electron chi connectivity index (χ2n) is 5.33. The average Bonchev–Trinajstić information content (AvgIpc) is 2.86. The van der Waals surface area contributed by atoms with E-state index in [1.54, 1.807) is 18.3 Å². The number of carbonyl (C=O) groups is 1. The van der Waals surface area contributed by atoms with Crippen LogP contribution in [0.15, 0.2) is 29.2 Å². The maximum atomic E-state index is 12.1. The van der Waals surface area contributed by atoms with E-state index in [0.29, 0.717) is 12.2 Å². The van der Waals surface area contributed by atoms with E-state index in [0.717, 1.165) is 19.3 Å². The summed E-state index contributed by atoms with van der Waals surface area (Å²) in [6.45, 7) is 2.79. The number of pyridine rings is 1. The smallest absolute Gasteiger partial charge is 0.350 e. The normalized spacial score (nSPS) is 11.9. The molecular weight excluding hydrogens is 318 g/mol. The highest BCUT2D eigenvalue weighted by Gasteiger charge is 2.12. The molecule has 2 heterocycles. The number of unbranched alkanes of at least 4 members (excludes halogenated alkanes) is 1. The van der Waals surface area contributed by atoms with E-state index >= 15 is 0 Å². The highest BCUT2D eigenvalue weighted by molar-refractivity contribution is 5.85. The van der Waals surface area contributed by atoms with Crippen LogP contribution in [0, 0.1) is 0 Å². The summed E-state index contributed by atoms with van der Waals surface area (Å²) in [7, 11) is 0. The van der Waals surface area contributed by atoms with Crippen LogP contribution in [0.5, 0.6) is 0 Å². The molecule has 1 amide bonds. The molecule has 0 aliphatic carbocycles.